The van der Waals surface area contributed by atoms with E-state index in [4.69, 9.17) is 4.74 Å². The number of ether oxygens (including phenoxy) is 1. The summed E-state index contributed by atoms with van der Waals surface area (Å²) in [5, 5.41) is 12.5. The molecule has 24 heavy (non-hydrogen) atoms. The van der Waals surface area contributed by atoms with Gasteiger partial charge in [0.05, 0.1) is 24.6 Å². The summed E-state index contributed by atoms with van der Waals surface area (Å²) >= 11 is 0. The summed E-state index contributed by atoms with van der Waals surface area (Å²) in [7, 11) is 1.53. The molecule has 1 fully saturated rings. The lowest BCUT2D eigenvalue weighted by molar-refractivity contribution is -0.146. The summed E-state index contributed by atoms with van der Waals surface area (Å²) in [5.41, 5.74) is 2.72. The number of aliphatic carboxylic acids is 1. The van der Waals surface area contributed by atoms with Gasteiger partial charge in [-0.3, -0.25) is 9.59 Å². The number of carboxylic acid groups (broad SMARTS) is 1. The number of nitrogens with one attached hydrogen (secondary N) is 1. The fraction of sp³-hybridized carbons (Fsp3) is 0.368. The van der Waals surface area contributed by atoms with Crippen molar-refractivity contribution in [2.45, 2.75) is 13.8 Å². The molecular formula is C19H21NO4. The Morgan fingerprint density at radius 1 is 1.08 bits per heavy atom. The third kappa shape index (κ3) is 2.50. The van der Waals surface area contributed by atoms with Crippen LogP contribution in [0.5, 0.6) is 5.75 Å². The molecule has 1 saturated carbocycles. The average molecular weight is 327 g/mol. The number of carboxylic acids is 1. The largest absolute Gasteiger partial charge is 0.495 e. The van der Waals surface area contributed by atoms with Gasteiger partial charge in [-0.2, -0.15) is 0 Å². The molecule has 1 amide bonds. The van der Waals surface area contributed by atoms with Crippen LogP contribution >= 0.6 is 0 Å². The molecule has 126 valence electrons. The zero-order valence-electron chi connectivity index (χ0n) is 13.9. The third-order valence-corrected chi connectivity index (χ3v) is 4.93. The first-order valence-electron chi connectivity index (χ1n) is 7.98. The maximum absolute atomic E-state index is 12.9. The van der Waals surface area contributed by atoms with Crippen molar-refractivity contribution >= 4 is 17.6 Å². The van der Waals surface area contributed by atoms with Gasteiger partial charge in [0, 0.05) is 11.8 Å². The molecule has 3 rings (SSSR count). The van der Waals surface area contributed by atoms with Gasteiger partial charge < -0.3 is 15.2 Å². The lowest BCUT2D eigenvalue weighted by Crippen LogP contribution is -2.36. The van der Waals surface area contributed by atoms with Crippen LogP contribution in [-0.4, -0.2) is 24.1 Å². The minimum Gasteiger partial charge on any atom is -0.495 e. The third-order valence-electron chi connectivity index (χ3n) is 4.93. The predicted octanol–water partition coefficient (Wildman–Crippen LogP) is 3.10. The number of hydrogen-bond acceptors (Lipinski definition) is 3. The summed E-state index contributed by atoms with van der Waals surface area (Å²) in [5.74, 6) is -2.30. The maximum Gasteiger partial charge on any atom is 0.308 e. The number of hydrogen-bond donors (Lipinski definition) is 2. The van der Waals surface area contributed by atoms with E-state index in [0.717, 1.165) is 11.1 Å². The molecule has 2 aliphatic rings. The second-order valence-electron chi connectivity index (χ2n) is 6.47. The molecule has 1 aromatic carbocycles. The van der Waals surface area contributed by atoms with E-state index in [-0.39, 0.29) is 17.7 Å². The Bertz CT molecular complexity index is 745. The number of fused-ring (bicyclic) bond motifs is 2. The number of allylic oxidation sites excluding steroid dienone is 4. The van der Waals surface area contributed by atoms with Crippen LogP contribution in [0.2, 0.25) is 0 Å². The molecule has 0 saturated heterocycles. The molecule has 0 aromatic heterocycles. The van der Waals surface area contributed by atoms with E-state index in [1.807, 2.05) is 32.1 Å². The second-order valence-corrected chi connectivity index (χ2v) is 6.47. The average Bonchev–Trinajstić information content (AvgIpc) is 3.11. The molecule has 5 nitrogen and oxygen atoms in total. The summed E-state index contributed by atoms with van der Waals surface area (Å²) in [6, 6.07) is 7.12. The number of para-hydroxylation sites is 2. The molecule has 0 radical (unpaired) electrons. The fourth-order valence-electron chi connectivity index (χ4n) is 4.01. The lowest BCUT2D eigenvalue weighted by atomic mass is 9.82. The van der Waals surface area contributed by atoms with Crippen LogP contribution in [0, 0.1) is 23.7 Å². The number of carbonyl (C=O) groups is 2. The van der Waals surface area contributed by atoms with Crippen molar-refractivity contribution in [3.8, 4) is 5.75 Å². The SMILES string of the molecule is COc1ccccc1NC(=O)C1C2C=CC(C2=C(C)C)C1C(=O)O. The molecular weight excluding hydrogens is 306 g/mol. The van der Waals surface area contributed by atoms with Crippen LogP contribution in [0.3, 0.4) is 0 Å². The Labute approximate surface area is 141 Å². The molecule has 0 heterocycles. The molecule has 5 heteroatoms. The highest BCUT2D eigenvalue weighted by Gasteiger charge is 2.54. The first-order chi connectivity index (χ1) is 11.5. The molecule has 4 unspecified atom stereocenters. The van der Waals surface area contributed by atoms with Crippen LogP contribution in [-0.2, 0) is 9.59 Å². The normalized spacial score (nSPS) is 27.2. The van der Waals surface area contributed by atoms with Crippen LogP contribution in [0.25, 0.3) is 0 Å². The van der Waals surface area contributed by atoms with Gasteiger partial charge in [0.1, 0.15) is 5.75 Å². The smallest absolute Gasteiger partial charge is 0.308 e. The Morgan fingerprint density at radius 3 is 2.29 bits per heavy atom. The first kappa shape index (κ1) is 16.3. The fourth-order valence-corrected chi connectivity index (χ4v) is 4.01. The Hall–Kier alpha value is -2.56. The zero-order chi connectivity index (χ0) is 17.4. The summed E-state index contributed by atoms with van der Waals surface area (Å²) in [6.45, 7) is 3.95. The molecule has 2 aliphatic carbocycles. The highest BCUT2D eigenvalue weighted by atomic mass is 16.5. The standard InChI is InChI=1S/C19H21NO4/c1-10(2)15-11-8-9-12(15)17(19(22)23)16(11)18(21)20-13-6-4-5-7-14(13)24-3/h4-9,11-12,16-17H,1-3H3,(H,20,21)(H,22,23). The Morgan fingerprint density at radius 2 is 1.71 bits per heavy atom. The van der Waals surface area contributed by atoms with Crippen LogP contribution in [0.4, 0.5) is 5.69 Å². The van der Waals surface area contributed by atoms with E-state index in [1.165, 1.54) is 7.11 Å². The zero-order valence-corrected chi connectivity index (χ0v) is 13.9. The highest BCUT2D eigenvalue weighted by Crippen LogP contribution is 2.53. The second kappa shape index (κ2) is 6.15. The number of amides is 1. The quantitative estimate of drug-likeness (QED) is 0.833. The van der Waals surface area contributed by atoms with Crippen molar-refractivity contribution in [1.82, 2.24) is 0 Å². The predicted molar refractivity (Wildman–Crippen MR) is 90.7 cm³/mol. The first-order valence-corrected chi connectivity index (χ1v) is 7.98. The van der Waals surface area contributed by atoms with Crippen molar-refractivity contribution in [2.24, 2.45) is 23.7 Å². The number of benzene rings is 1. The van der Waals surface area contributed by atoms with E-state index in [9.17, 15) is 14.7 Å². The van der Waals surface area contributed by atoms with E-state index in [2.05, 4.69) is 5.32 Å². The van der Waals surface area contributed by atoms with E-state index >= 15 is 0 Å². The highest BCUT2D eigenvalue weighted by molar-refractivity contribution is 5.98. The number of rotatable bonds is 4. The van der Waals surface area contributed by atoms with Gasteiger partial charge in [-0.15, -0.1) is 0 Å². The molecule has 4 atom stereocenters. The van der Waals surface area contributed by atoms with Crippen LogP contribution in [0.15, 0.2) is 47.6 Å². The van der Waals surface area contributed by atoms with Crippen LogP contribution < -0.4 is 10.1 Å². The monoisotopic (exact) mass is 327 g/mol. The Kier molecular flexibility index (Phi) is 4.18. The Balaban J connectivity index is 1.93. The summed E-state index contributed by atoms with van der Waals surface area (Å²) < 4.78 is 5.25. The maximum atomic E-state index is 12.9. The van der Waals surface area contributed by atoms with Crippen molar-refractivity contribution in [3.63, 3.8) is 0 Å². The van der Waals surface area contributed by atoms with Crippen molar-refractivity contribution in [3.05, 3.63) is 47.6 Å². The molecule has 2 bridgehead atoms. The van der Waals surface area contributed by atoms with Crippen molar-refractivity contribution in [1.29, 1.82) is 0 Å². The van der Waals surface area contributed by atoms with Gasteiger partial charge in [-0.25, -0.2) is 0 Å². The van der Waals surface area contributed by atoms with Crippen molar-refractivity contribution in [2.75, 3.05) is 12.4 Å². The van der Waals surface area contributed by atoms with E-state index < -0.39 is 17.8 Å². The lowest BCUT2D eigenvalue weighted by Gasteiger charge is -2.23. The number of methoxy groups -OCH3 is 1. The molecule has 1 aromatic rings. The minimum absolute atomic E-state index is 0.143. The molecule has 2 N–H and O–H groups in total. The van der Waals surface area contributed by atoms with E-state index in [1.54, 1.807) is 18.2 Å². The molecule has 0 aliphatic heterocycles. The number of carbonyl (C=O) groups excluding carboxylic acids is 1. The summed E-state index contributed by atoms with van der Waals surface area (Å²) in [4.78, 5) is 24.7. The van der Waals surface area contributed by atoms with Gasteiger partial charge >= 0.3 is 5.97 Å². The van der Waals surface area contributed by atoms with E-state index in [0.29, 0.717) is 11.4 Å². The van der Waals surface area contributed by atoms with Gasteiger partial charge in [0.15, 0.2) is 0 Å². The number of anilines is 1. The minimum atomic E-state index is -0.925. The topological polar surface area (TPSA) is 75.6 Å². The van der Waals surface area contributed by atoms with Crippen molar-refractivity contribution < 1.29 is 19.4 Å². The van der Waals surface area contributed by atoms with Gasteiger partial charge in [-0.1, -0.05) is 35.4 Å². The van der Waals surface area contributed by atoms with Gasteiger partial charge in [-0.05, 0) is 26.0 Å². The van der Waals surface area contributed by atoms with Gasteiger partial charge in [0.2, 0.25) is 5.91 Å². The summed E-state index contributed by atoms with van der Waals surface area (Å²) in [6.07, 6.45) is 3.90. The van der Waals surface area contributed by atoms with Gasteiger partial charge in [0.25, 0.3) is 0 Å². The van der Waals surface area contributed by atoms with Crippen LogP contribution in [0.1, 0.15) is 13.8 Å². The molecule has 0 spiro atoms.